The van der Waals surface area contributed by atoms with Gasteiger partial charge in [0.25, 0.3) is 0 Å². The van der Waals surface area contributed by atoms with Crippen molar-refractivity contribution in [3.05, 3.63) is 47.3 Å². The maximum absolute atomic E-state index is 14.4. The van der Waals surface area contributed by atoms with E-state index in [-0.39, 0.29) is 5.82 Å². The summed E-state index contributed by atoms with van der Waals surface area (Å²) in [5.41, 5.74) is 10.7. The molecule has 1 fully saturated rings. The van der Waals surface area contributed by atoms with E-state index in [9.17, 15) is 4.39 Å². The van der Waals surface area contributed by atoms with E-state index in [2.05, 4.69) is 32.1 Å². The lowest BCUT2D eigenvalue weighted by Gasteiger charge is -2.37. The van der Waals surface area contributed by atoms with Crippen LogP contribution in [0.5, 0.6) is 0 Å². The van der Waals surface area contributed by atoms with Crippen molar-refractivity contribution in [1.82, 2.24) is 24.9 Å². The van der Waals surface area contributed by atoms with Crippen molar-refractivity contribution in [2.75, 3.05) is 36.9 Å². The van der Waals surface area contributed by atoms with Crippen LogP contribution < -0.4 is 16.0 Å². The number of aromatic nitrogens is 5. The van der Waals surface area contributed by atoms with Gasteiger partial charge in [0.2, 0.25) is 0 Å². The summed E-state index contributed by atoms with van der Waals surface area (Å²) in [4.78, 5) is 24.6. The van der Waals surface area contributed by atoms with Gasteiger partial charge in [-0.1, -0.05) is 12.5 Å². The highest BCUT2D eigenvalue weighted by atomic mass is 32.2. The summed E-state index contributed by atoms with van der Waals surface area (Å²) in [6.45, 7) is 6.05. The summed E-state index contributed by atoms with van der Waals surface area (Å²) in [6, 6.07) is 3.01. The zero-order valence-electron chi connectivity index (χ0n) is 18.7. The first-order chi connectivity index (χ1) is 16.0. The van der Waals surface area contributed by atoms with Gasteiger partial charge in [-0.2, -0.15) is 0 Å². The molecule has 0 unspecified atom stereocenters. The van der Waals surface area contributed by atoms with Crippen LogP contribution in [0.4, 0.5) is 15.9 Å². The maximum Gasteiger partial charge on any atom is 0.196 e. The number of benzene rings is 1. The average molecular weight is 465 g/mol. The largest absolute Gasteiger partial charge is 0.386 e. The first-order valence-electron chi connectivity index (χ1n) is 10.8. The quantitative estimate of drug-likeness (QED) is 0.290. The van der Waals surface area contributed by atoms with Crippen LogP contribution in [-0.2, 0) is 0 Å². The van der Waals surface area contributed by atoms with Crippen LogP contribution in [0, 0.1) is 12.7 Å². The molecule has 3 aromatic heterocycles. The number of nitrogens with two attached hydrogens (primary N) is 1. The van der Waals surface area contributed by atoms with Crippen molar-refractivity contribution in [3.8, 4) is 0 Å². The van der Waals surface area contributed by atoms with Gasteiger partial charge in [0.15, 0.2) is 5.16 Å². The van der Waals surface area contributed by atoms with Crippen molar-refractivity contribution in [2.45, 2.75) is 30.3 Å². The summed E-state index contributed by atoms with van der Waals surface area (Å²) >= 11 is 1.40. The summed E-state index contributed by atoms with van der Waals surface area (Å²) in [5, 5.41) is 5.22. The number of halogens is 1. The molecule has 1 aromatic carbocycles. The van der Waals surface area contributed by atoms with Crippen LogP contribution >= 0.6 is 11.8 Å². The smallest absolute Gasteiger partial charge is 0.196 e. The minimum absolute atomic E-state index is 0.311. The molecule has 0 atom stereocenters. The first kappa shape index (κ1) is 21.6. The second kappa shape index (κ2) is 8.60. The van der Waals surface area contributed by atoms with E-state index in [0.717, 1.165) is 46.5 Å². The number of hydrogen-bond acceptors (Lipinski definition) is 8. The van der Waals surface area contributed by atoms with E-state index in [1.54, 1.807) is 19.4 Å². The van der Waals surface area contributed by atoms with Gasteiger partial charge in [0.05, 0.1) is 21.5 Å². The van der Waals surface area contributed by atoms with Crippen LogP contribution in [0.3, 0.4) is 0 Å². The molecule has 0 radical (unpaired) electrons. The normalized spacial score (nSPS) is 13.6. The molecule has 0 saturated carbocycles. The highest BCUT2D eigenvalue weighted by Gasteiger charge is 2.28. The van der Waals surface area contributed by atoms with E-state index >= 15 is 0 Å². The molecular formula is C23H25FN8S. The molecule has 1 aliphatic heterocycles. The predicted octanol–water partition coefficient (Wildman–Crippen LogP) is 4.03. The van der Waals surface area contributed by atoms with Crippen molar-refractivity contribution >= 4 is 45.2 Å². The van der Waals surface area contributed by atoms with Crippen LogP contribution in [0.2, 0.25) is 0 Å². The van der Waals surface area contributed by atoms with Gasteiger partial charge in [-0.3, -0.25) is 0 Å². The highest BCUT2D eigenvalue weighted by Crippen LogP contribution is 2.39. The third kappa shape index (κ3) is 3.89. The molecule has 4 aromatic rings. The van der Waals surface area contributed by atoms with Gasteiger partial charge in [-0.15, -0.1) is 0 Å². The molecule has 4 N–H and O–H groups in total. The van der Waals surface area contributed by atoms with Gasteiger partial charge >= 0.3 is 0 Å². The van der Waals surface area contributed by atoms with Gasteiger partial charge in [0, 0.05) is 44.5 Å². The Morgan fingerprint density at radius 3 is 2.67 bits per heavy atom. The Morgan fingerprint density at radius 2 is 2.00 bits per heavy atom. The van der Waals surface area contributed by atoms with E-state index in [1.165, 1.54) is 35.0 Å². The lowest BCUT2D eigenvalue weighted by atomic mass is 9.98. The highest BCUT2D eigenvalue weighted by molar-refractivity contribution is 7.99. The predicted molar refractivity (Wildman–Crippen MR) is 130 cm³/mol. The molecule has 4 heterocycles. The molecule has 0 bridgehead atoms. The fourth-order valence-corrected chi connectivity index (χ4v) is 4.85. The summed E-state index contributed by atoms with van der Waals surface area (Å²) in [7, 11) is 1.77. The standard InChI is InChI=1S/C23H25FN8S/c1-4-13(7-25)14-10-32(11-14)22-19-17-5-15(24)6-18(26-3)20(17)29-21(19)30-23(31-22)33-16-8-27-12(2)28-9-16/h5-6,8-9,26H,4,7,10-11,25H2,1-3H3,(H,29,30,31). The van der Waals surface area contributed by atoms with Crippen LogP contribution in [-0.4, -0.2) is 51.6 Å². The Balaban J connectivity index is 1.66. The fourth-order valence-electron chi connectivity index (χ4n) is 4.16. The molecule has 1 aliphatic rings. The summed E-state index contributed by atoms with van der Waals surface area (Å²) in [6.07, 6.45) is 4.47. The Morgan fingerprint density at radius 1 is 1.24 bits per heavy atom. The number of anilines is 2. The third-order valence-electron chi connectivity index (χ3n) is 5.96. The van der Waals surface area contributed by atoms with Crippen molar-refractivity contribution in [1.29, 1.82) is 0 Å². The SMILES string of the molecule is CCC(CN)=C1CN(c2nc(Sc3cnc(C)nc3)nc3[nH]c4c(NC)cc(F)cc4c23)C1. The molecular weight excluding hydrogens is 439 g/mol. The molecule has 8 nitrogen and oxygen atoms in total. The Hall–Kier alpha value is -3.24. The Labute approximate surface area is 194 Å². The van der Waals surface area contributed by atoms with E-state index < -0.39 is 0 Å². The lowest BCUT2D eigenvalue weighted by Crippen LogP contribution is -2.42. The molecule has 0 aliphatic carbocycles. The topological polar surface area (TPSA) is 109 Å². The van der Waals surface area contributed by atoms with Gasteiger partial charge < -0.3 is 20.9 Å². The second-order valence-corrected chi connectivity index (χ2v) is 9.03. The third-order valence-corrected chi connectivity index (χ3v) is 6.77. The van der Waals surface area contributed by atoms with Crippen LogP contribution in [0.25, 0.3) is 21.9 Å². The zero-order chi connectivity index (χ0) is 23.1. The van der Waals surface area contributed by atoms with Gasteiger partial charge in [-0.05, 0) is 42.8 Å². The number of hydrogen-bond donors (Lipinski definition) is 3. The molecule has 10 heteroatoms. The maximum atomic E-state index is 14.4. The molecule has 33 heavy (non-hydrogen) atoms. The zero-order valence-corrected chi connectivity index (χ0v) is 19.6. The lowest BCUT2D eigenvalue weighted by molar-refractivity contribution is 0.630. The second-order valence-electron chi connectivity index (χ2n) is 7.99. The minimum Gasteiger partial charge on any atom is -0.386 e. The van der Waals surface area contributed by atoms with Crippen molar-refractivity contribution in [3.63, 3.8) is 0 Å². The number of H-pyrrole nitrogens is 1. The Kier molecular flexibility index (Phi) is 5.63. The van der Waals surface area contributed by atoms with Crippen molar-refractivity contribution in [2.24, 2.45) is 5.73 Å². The number of nitrogens with one attached hydrogen (secondary N) is 2. The van der Waals surface area contributed by atoms with Gasteiger partial charge in [-0.25, -0.2) is 24.3 Å². The molecule has 0 spiro atoms. The monoisotopic (exact) mass is 464 g/mol. The fraction of sp³-hybridized carbons (Fsp3) is 0.304. The van der Waals surface area contributed by atoms with Gasteiger partial charge in [0.1, 0.15) is 23.1 Å². The number of aromatic amines is 1. The van der Waals surface area contributed by atoms with E-state index in [4.69, 9.17) is 15.7 Å². The van der Waals surface area contributed by atoms with Crippen LogP contribution in [0.15, 0.2) is 45.7 Å². The number of nitrogens with zero attached hydrogens (tertiary/aromatic N) is 5. The number of fused-ring (bicyclic) bond motifs is 3. The molecule has 170 valence electrons. The summed E-state index contributed by atoms with van der Waals surface area (Å²) in [5.74, 6) is 1.18. The van der Waals surface area contributed by atoms with Crippen molar-refractivity contribution < 1.29 is 4.39 Å². The summed E-state index contributed by atoms with van der Waals surface area (Å²) < 4.78 is 14.4. The average Bonchev–Trinajstić information content (AvgIpc) is 3.14. The molecule has 0 amide bonds. The first-order valence-corrected chi connectivity index (χ1v) is 11.6. The van der Waals surface area contributed by atoms with Crippen LogP contribution in [0.1, 0.15) is 19.2 Å². The minimum atomic E-state index is -0.311. The van der Waals surface area contributed by atoms with E-state index in [1.807, 2.05) is 6.92 Å². The number of aryl methyl sites for hydroxylation is 1. The number of rotatable bonds is 6. The molecule has 1 saturated heterocycles. The van der Waals surface area contributed by atoms with E-state index in [0.29, 0.717) is 28.9 Å². The Bertz CT molecular complexity index is 1370. The molecule has 5 rings (SSSR count).